The molecule has 0 bridgehead atoms. The number of amides is 1. The van der Waals surface area contributed by atoms with Crippen LogP contribution in [0.15, 0.2) is 66.7 Å². The molecule has 3 aromatic rings. The Kier molecular flexibility index (Phi) is 5.99. The molecule has 0 atom stereocenters. The number of hydrogen-bond donors (Lipinski definition) is 3. The highest BCUT2D eigenvalue weighted by Crippen LogP contribution is 2.26. The van der Waals surface area contributed by atoms with Gasteiger partial charge < -0.3 is 25.0 Å². The van der Waals surface area contributed by atoms with Crippen LogP contribution in [0.3, 0.4) is 0 Å². The Morgan fingerprint density at radius 3 is 2.31 bits per heavy atom. The SMILES string of the molecule is COc1ccccc1OCc1ccc(C(=O)Nc2ccc(O)c(C(=O)O)c2)cc1. The van der Waals surface area contributed by atoms with Gasteiger partial charge in [-0.3, -0.25) is 4.79 Å². The van der Waals surface area contributed by atoms with Crippen molar-refractivity contribution in [1.29, 1.82) is 0 Å². The maximum absolute atomic E-state index is 12.4. The van der Waals surface area contributed by atoms with E-state index < -0.39 is 11.9 Å². The van der Waals surface area contributed by atoms with Crippen molar-refractivity contribution in [2.45, 2.75) is 6.61 Å². The number of anilines is 1. The van der Waals surface area contributed by atoms with Crippen LogP contribution in [0.2, 0.25) is 0 Å². The molecule has 3 aromatic carbocycles. The molecule has 1 amide bonds. The van der Waals surface area contributed by atoms with Crippen molar-refractivity contribution in [3.63, 3.8) is 0 Å². The van der Waals surface area contributed by atoms with E-state index in [-0.39, 0.29) is 17.0 Å². The average Bonchev–Trinajstić information content (AvgIpc) is 2.74. The second-order valence-electron chi connectivity index (χ2n) is 6.13. The molecule has 0 radical (unpaired) electrons. The van der Waals surface area contributed by atoms with Crippen LogP contribution >= 0.6 is 0 Å². The number of carbonyl (C=O) groups is 2. The lowest BCUT2D eigenvalue weighted by Gasteiger charge is -2.11. The largest absolute Gasteiger partial charge is 0.507 e. The van der Waals surface area contributed by atoms with Crippen molar-refractivity contribution in [3.05, 3.63) is 83.4 Å². The van der Waals surface area contributed by atoms with Gasteiger partial charge in [-0.05, 0) is 48.0 Å². The minimum Gasteiger partial charge on any atom is -0.507 e. The van der Waals surface area contributed by atoms with E-state index in [9.17, 15) is 14.7 Å². The van der Waals surface area contributed by atoms with E-state index in [1.165, 1.54) is 18.2 Å². The normalized spacial score (nSPS) is 10.2. The van der Waals surface area contributed by atoms with E-state index in [2.05, 4.69) is 5.32 Å². The Hall–Kier alpha value is -4.00. The average molecular weight is 393 g/mol. The maximum Gasteiger partial charge on any atom is 0.339 e. The number of ether oxygens (including phenoxy) is 2. The number of nitrogens with one attached hydrogen (secondary N) is 1. The smallest absolute Gasteiger partial charge is 0.339 e. The molecule has 0 aliphatic rings. The first-order chi connectivity index (χ1) is 14.0. The summed E-state index contributed by atoms with van der Waals surface area (Å²) in [5, 5.41) is 21.2. The zero-order chi connectivity index (χ0) is 20.8. The van der Waals surface area contributed by atoms with Crippen molar-refractivity contribution in [3.8, 4) is 17.2 Å². The first kappa shape index (κ1) is 19.8. The van der Waals surface area contributed by atoms with Crippen LogP contribution in [0.4, 0.5) is 5.69 Å². The molecular formula is C22H19NO6. The third-order valence-electron chi connectivity index (χ3n) is 4.16. The Morgan fingerprint density at radius 1 is 0.966 bits per heavy atom. The summed E-state index contributed by atoms with van der Waals surface area (Å²) in [4.78, 5) is 23.5. The number of aromatic hydroxyl groups is 1. The van der Waals surface area contributed by atoms with E-state index in [0.717, 1.165) is 5.56 Å². The Morgan fingerprint density at radius 2 is 1.66 bits per heavy atom. The summed E-state index contributed by atoms with van der Waals surface area (Å²) in [5.74, 6) is -0.784. The van der Waals surface area contributed by atoms with Crippen LogP contribution < -0.4 is 14.8 Å². The molecule has 3 rings (SSSR count). The number of phenols is 1. The molecule has 7 heteroatoms. The zero-order valence-electron chi connectivity index (χ0n) is 15.6. The highest BCUT2D eigenvalue weighted by Gasteiger charge is 2.12. The van der Waals surface area contributed by atoms with Crippen LogP contribution in [0.5, 0.6) is 17.2 Å². The van der Waals surface area contributed by atoms with Gasteiger partial charge in [0.2, 0.25) is 0 Å². The molecule has 0 spiro atoms. The minimum absolute atomic E-state index is 0.272. The van der Waals surface area contributed by atoms with Gasteiger partial charge >= 0.3 is 5.97 Å². The summed E-state index contributed by atoms with van der Waals surface area (Å²) < 4.78 is 11.0. The first-order valence-corrected chi connectivity index (χ1v) is 8.70. The molecule has 29 heavy (non-hydrogen) atoms. The van der Waals surface area contributed by atoms with Gasteiger partial charge in [-0.2, -0.15) is 0 Å². The lowest BCUT2D eigenvalue weighted by Crippen LogP contribution is -2.12. The summed E-state index contributed by atoms with van der Waals surface area (Å²) in [6, 6.07) is 18.0. The highest BCUT2D eigenvalue weighted by molar-refractivity contribution is 6.05. The van der Waals surface area contributed by atoms with E-state index in [0.29, 0.717) is 23.7 Å². The fourth-order valence-electron chi connectivity index (χ4n) is 2.64. The Labute approximate surface area is 167 Å². The third kappa shape index (κ3) is 4.84. The van der Waals surface area contributed by atoms with E-state index in [1.54, 1.807) is 31.4 Å². The van der Waals surface area contributed by atoms with Crippen LogP contribution in [-0.2, 0) is 6.61 Å². The number of carbonyl (C=O) groups excluding carboxylic acids is 1. The standard InChI is InChI=1S/C22H19NO6/c1-28-19-4-2-3-5-20(19)29-13-14-6-8-15(9-7-14)21(25)23-16-10-11-18(24)17(12-16)22(26)27/h2-12,24H,13H2,1H3,(H,23,25)(H,26,27). The van der Waals surface area contributed by atoms with Gasteiger partial charge in [-0.1, -0.05) is 24.3 Å². The topological polar surface area (TPSA) is 105 Å². The predicted molar refractivity (Wildman–Crippen MR) is 107 cm³/mol. The minimum atomic E-state index is -1.28. The number of aromatic carboxylic acids is 1. The Balaban J connectivity index is 1.64. The fourth-order valence-corrected chi connectivity index (χ4v) is 2.64. The van der Waals surface area contributed by atoms with E-state index in [1.807, 2.05) is 24.3 Å². The van der Waals surface area contributed by atoms with Gasteiger partial charge in [-0.15, -0.1) is 0 Å². The molecule has 3 N–H and O–H groups in total. The molecule has 0 aromatic heterocycles. The van der Waals surface area contributed by atoms with Crippen LogP contribution in [0, 0.1) is 0 Å². The van der Waals surface area contributed by atoms with Crippen molar-refractivity contribution < 1.29 is 29.3 Å². The van der Waals surface area contributed by atoms with Crippen LogP contribution in [-0.4, -0.2) is 29.2 Å². The molecular weight excluding hydrogens is 374 g/mol. The van der Waals surface area contributed by atoms with Gasteiger partial charge in [0.25, 0.3) is 5.91 Å². The summed E-state index contributed by atoms with van der Waals surface area (Å²) >= 11 is 0. The molecule has 0 aliphatic heterocycles. The number of benzene rings is 3. The molecule has 0 unspecified atom stereocenters. The molecule has 0 saturated carbocycles. The fraction of sp³-hybridized carbons (Fsp3) is 0.0909. The van der Waals surface area contributed by atoms with Crippen molar-refractivity contribution >= 4 is 17.6 Å². The number of carboxylic acids is 1. The number of para-hydroxylation sites is 2. The highest BCUT2D eigenvalue weighted by atomic mass is 16.5. The quantitative estimate of drug-likeness (QED) is 0.525. The van der Waals surface area contributed by atoms with Crippen LogP contribution in [0.1, 0.15) is 26.3 Å². The summed E-state index contributed by atoms with van der Waals surface area (Å²) in [6.07, 6.45) is 0. The van der Waals surface area contributed by atoms with Crippen molar-refractivity contribution in [2.75, 3.05) is 12.4 Å². The first-order valence-electron chi connectivity index (χ1n) is 8.70. The summed E-state index contributed by atoms with van der Waals surface area (Å²) in [5.41, 5.74) is 1.25. The molecule has 0 aliphatic carbocycles. The van der Waals surface area contributed by atoms with Crippen molar-refractivity contribution in [2.24, 2.45) is 0 Å². The van der Waals surface area contributed by atoms with Gasteiger partial charge in [0.05, 0.1) is 7.11 Å². The second-order valence-corrected chi connectivity index (χ2v) is 6.13. The van der Waals surface area contributed by atoms with Gasteiger partial charge in [0, 0.05) is 11.3 Å². The number of rotatable bonds is 7. The van der Waals surface area contributed by atoms with Gasteiger partial charge in [0.15, 0.2) is 11.5 Å². The molecule has 0 fully saturated rings. The lowest BCUT2D eigenvalue weighted by molar-refractivity contribution is 0.0693. The van der Waals surface area contributed by atoms with Crippen LogP contribution in [0.25, 0.3) is 0 Å². The van der Waals surface area contributed by atoms with E-state index >= 15 is 0 Å². The third-order valence-corrected chi connectivity index (χ3v) is 4.16. The molecule has 0 saturated heterocycles. The maximum atomic E-state index is 12.4. The number of hydrogen-bond acceptors (Lipinski definition) is 5. The zero-order valence-corrected chi connectivity index (χ0v) is 15.6. The predicted octanol–water partition coefficient (Wildman–Crippen LogP) is 3.93. The van der Waals surface area contributed by atoms with Gasteiger partial charge in [-0.25, -0.2) is 4.79 Å². The van der Waals surface area contributed by atoms with E-state index in [4.69, 9.17) is 14.6 Å². The van der Waals surface area contributed by atoms with Crippen molar-refractivity contribution in [1.82, 2.24) is 0 Å². The molecule has 148 valence electrons. The summed E-state index contributed by atoms with van der Waals surface area (Å²) in [6.45, 7) is 0.308. The van der Waals surface area contributed by atoms with Gasteiger partial charge in [0.1, 0.15) is 17.9 Å². The molecule has 0 heterocycles. The summed E-state index contributed by atoms with van der Waals surface area (Å²) in [7, 11) is 1.57. The molecule has 7 nitrogen and oxygen atoms in total. The second kappa shape index (κ2) is 8.79. The Bertz CT molecular complexity index is 1030. The monoisotopic (exact) mass is 393 g/mol. The lowest BCUT2D eigenvalue weighted by atomic mass is 10.1. The number of carboxylic acid groups (broad SMARTS) is 1. The number of methoxy groups -OCH3 is 1.